The maximum absolute atomic E-state index is 10.4. The van der Waals surface area contributed by atoms with E-state index in [0.29, 0.717) is 17.2 Å². The van der Waals surface area contributed by atoms with Crippen molar-refractivity contribution in [3.8, 4) is 0 Å². The summed E-state index contributed by atoms with van der Waals surface area (Å²) in [6, 6.07) is 1.00. The predicted octanol–water partition coefficient (Wildman–Crippen LogP) is 0.177. The fourth-order valence-electron chi connectivity index (χ4n) is 0.854. The summed E-state index contributed by atoms with van der Waals surface area (Å²) in [5.74, 6) is 0.649. The molecule has 6 heteroatoms. The fourth-order valence-corrected chi connectivity index (χ4v) is 0.854. The van der Waals surface area contributed by atoms with Gasteiger partial charge in [0.1, 0.15) is 5.82 Å². The van der Waals surface area contributed by atoms with Gasteiger partial charge in [0.25, 0.3) is 0 Å². The third-order valence-corrected chi connectivity index (χ3v) is 1.48. The van der Waals surface area contributed by atoms with E-state index in [1.807, 2.05) is 0 Å². The highest BCUT2D eigenvalue weighted by atomic mass is 16.2. The molecule has 0 radical (unpaired) electrons. The number of nitrogens with zero attached hydrogens (tertiary/aromatic N) is 3. The Kier molecular flexibility index (Phi) is 3.11. The van der Waals surface area contributed by atoms with E-state index < -0.39 is 6.03 Å². The van der Waals surface area contributed by atoms with Crippen molar-refractivity contribution < 1.29 is 4.79 Å². The lowest BCUT2D eigenvalue weighted by Crippen LogP contribution is -2.25. The summed E-state index contributed by atoms with van der Waals surface area (Å²) in [4.78, 5) is 18.4. The van der Waals surface area contributed by atoms with Crippen molar-refractivity contribution in [3.63, 3.8) is 0 Å². The van der Waals surface area contributed by atoms with Crippen LogP contribution in [0.3, 0.4) is 0 Å². The molecule has 0 spiro atoms. The van der Waals surface area contributed by atoms with Gasteiger partial charge in [0, 0.05) is 6.20 Å². The van der Waals surface area contributed by atoms with Gasteiger partial charge in [0.05, 0.1) is 11.4 Å². The number of carbonyl (C=O) groups excluding carboxylic acids is 1. The van der Waals surface area contributed by atoms with Crippen LogP contribution in [-0.2, 0) is 0 Å². The summed E-state index contributed by atoms with van der Waals surface area (Å²) in [5, 5.41) is 3.74. The maximum atomic E-state index is 10.4. The minimum atomic E-state index is -0.699. The van der Waals surface area contributed by atoms with Gasteiger partial charge in [0.15, 0.2) is 0 Å². The van der Waals surface area contributed by atoms with Crippen LogP contribution in [0.25, 0.3) is 0 Å². The molecule has 1 rings (SSSR count). The van der Waals surface area contributed by atoms with Crippen LogP contribution < -0.4 is 11.2 Å². The number of hydrogen-bond acceptors (Lipinski definition) is 4. The molecule has 2 amide bonds. The van der Waals surface area contributed by atoms with E-state index in [-0.39, 0.29) is 0 Å². The molecule has 0 atom stereocenters. The maximum Gasteiger partial charge on any atom is 0.332 e. The Morgan fingerprint density at radius 3 is 2.93 bits per heavy atom. The molecular weight excluding hydrogens is 182 g/mol. The van der Waals surface area contributed by atoms with Crippen LogP contribution in [0.1, 0.15) is 18.4 Å². The van der Waals surface area contributed by atoms with Crippen LogP contribution in [-0.4, -0.2) is 21.7 Å². The minimum absolute atomic E-state index is 0.578. The van der Waals surface area contributed by atoms with Crippen molar-refractivity contribution >= 4 is 11.7 Å². The quantitative estimate of drug-likeness (QED) is 0.518. The summed E-state index contributed by atoms with van der Waals surface area (Å²) in [5.41, 5.74) is 8.23. The molecule has 14 heavy (non-hydrogen) atoms. The zero-order chi connectivity index (χ0) is 10.6. The van der Waals surface area contributed by atoms with Crippen molar-refractivity contribution in [1.29, 1.82) is 0 Å². The topological polar surface area (TPSA) is 93.3 Å². The van der Waals surface area contributed by atoms with Crippen LogP contribution in [0.2, 0.25) is 0 Å². The average molecular weight is 193 g/mol. The second-order valence-corrected chi connectivity index (χ2v) is 2.66. The average Bonchev–Trinajstić information content (AvgIpc) is 2.14. The molecule has 0 aliphatic heterocycles. The van der Waals surface area contributed by atoms with Crippen molar-refractivity contribution in [2.45, 2.75) is 13.8 Å². The van der Waals surface area contributed by atoms with Crippen LogP contribution >= 0.6 is 0 Å². The lowest BCUT2D eigenvalue weighted by Gasteiger charge is -2.00. The van der Waals surface area contributed by atoms with Gasteiger partial charge in [-0.2, -0.15) is 5.10 Å². The summed E-state index contributed by atoms with van der Waals surface area (Å²) < 4.78 is 0. The lowest BCUT2D eigenvalue weighted by molar-refractivity contribution is 0.249. The first-order valence-electron chi connectivity index (χ1n) is 3.99. The van der Waals surface area contributed by atoms with Gasteiger partial charge in [-0.05, 0) is 19.9 Å². The van der Waals surface area contributed by atoms with E-state index in [1.54, 1.807) is 26.1 Å². The molecule has 1 aromatic rings. The number of primary amides is 1. The van der Waals surface area contributed by atoms with E-state index in [9.17, 15) is 4.79 Å². The van der Waals surface area contributed by atoms with Crippen molar-refractivity contribution in [2.75, 3.05) is 0 Å². The van der Waals surface area contributed by atoms with Crippen molar-refractivity contribution in [3.05, 3.63) is 23.8 Å². The second kappa shape index (κ2) is 4.31. The number of hydrogen-bond donors (Lipinski definition) is 2. The number of nitrogens with two attached hydrogens (primary N) is 1. The highest BCUT2D eigenvalue weighted by Gasteiger charge is 1.99. The number of hydrazone groups is 1. The monoisotopic (exact) mass is 193 g/mol. The van der Waals surface area contributed by atoms with E-state index in [2.05, 4.69) is 20.5 Å². The zero-order valence-corrected chi connectivity index (χ0v) is 7.98. The first kappa shape index (κ1) is 10.1. The normalized spacial score (nSPS) is 11.1. The van der Waals surface area contributed by atoms with Crippen molar-refractivity contribution in [2.24, 2.45) is 10.8 Å². The largest absolute Gasteiger partial charge is 0.350 e. The van der Waals surface area contributed by atoms with Crippen LogP contribution in [0.4, 0.5) is 4.79 Å². The van der Waals surface area contributed by atoms with Crippen LogP contribution in [0.15, 0.2) is 17.4 Å². The van der Waals surface area contributed by atoms with Gasteiger partial charge in [-0.25, -0.2) is 20.2 Å². The number of amides is 2. The molecular formula is C8H11N5O. The standard InChI is InChI=1S/C8H11N5O/c1-5(12-13-8(9)14)7-3-4-10-6(2)11-7/h3-4H,1-2H3,(H3,9,13,14)/b12-5-. The van der Waals surface area contributed by atoms with Crippen molar-refractivity contribution in [1.82, 2.24) is 15.4 Å². The third-order valence-electron chi connectivity index (χ3n) is 1.48. The van der Waals surface area contributed by atoms with Gasteiger partial charge in [0.2, 0.25) is 0 Å². The molecule has 0 saturated heterocycles. The molecule has 1 aromatic heterocycles. The minimum Gasteiger partial charge on any atom is -0.350 e. The molecule has 0 unspecified atom stereocenters. The molecule has 74 valence electrons. The lowest BCUT2D eigenvalue weighted by atomic mass is 10.3. The molecule has 0 saturated carbocycles. The first-order valence-corrected chi connectivity index (χ1v) is 3.99. The molecule has 0 aliphatic rings. The molecule has 3 N–H and O–H groups in total. The summed E-state index contributed by atoms with van der Waals surface area (Å²) in [7, 11) is 0. The number of urea groups is 1. The van der Waals surface area contributed by atoms with Crippen LogP contribution in [0, 0.1) is 6.92 Å². The van der Waals surface area contributed by atoms with Gasteiger partial charge >= 0.3 is 6.03 Å². The van der Waals surface area contributed by atoms with E-state index in [1.165, 1.54) is 0 Å². The van der Waals surface area contributed by atoms with E-state index in [0.717, 1.165) is 0 Å². The van der Waals surface area contributed by atoms with Gasteiger partial charge < -0.3 is 5.73 Å². The summed E-state index contributed by atoms with van der Waals surface area (Å²) in [6.45, 7) is 3.50. The molecule has 0 bridgehead atoms. The zero-order valence-electron chi connectivity index (χ0n) is 7.98. The Morgan fingerprint density at radius 1 is 1.64 bits per heavy atom. The number of carbonyl (C=O) groups is 1. The highest BCUT2D eigenvalue weighted by molar-refractivity contribution is 5.97. The predicted molar refractivity (Wildman–Crippen MR) is 51.7 cm³/mol. The van der Waals surface area contributed by atoms with E-state index in [4.69, 9.17) is 5.73 Å². The van der Waals surface area contributed by atoms with Gasteiger partial charge in [-0.3, -0.25) is 0 Å². The Bertz CT molecular complexity index is 374. The van der Waals surface area contributed by atoms with E-state index >= 15 is 0 Å². The SMILES string of the molecule is C/C(=N/NC(N)=O)c1ccnc(C)n1. The Balaban J connectivity index is 2.83. The smallest absolute Gasteiger partial charge is 0.332 e. The molecule has 0 fully saturated rings. The first-order chi connectivity index (χ1) is 6.59. The van der Waals surface area contributed by atoms with Crippen LogP contribution in [0.5, 0.6) is 0 Å². The fraction of sp³-hybridized carbons (Fsp3) is 0.250. The highest BCUT2D eigenvalue weighted by Crippen LogP contribution is 1.96. The Labute approximate surface area is 81.2 Å². The number of aryl methyl sites for hydroxylation is 1. The molecule has 1 heterocycles. The van der Waals surface area contributed by atoms with Gasteiger partial charge in [-0.1, -0.05) is 0 Å². The second-order valence-electron chi connectivity index (χ2n) is 2.66. The summed E-state index contributed by atoms with van der Waals surface area (Å²) in [6.07, 6.45) is 1.63. The van der Waals surface area contributed by atoms with Gasteiger partial charge in [-0.15, -0.1) is 0 Å². The molecule has 6 nitrogen and oxygen atoms in total. The Hall–Kier alpha value is -1.98. The number of nitrogens with one attached hydrogen (secondary N) is 1. The molecule has 0 aromatic carbocycles. The molecule has 0 aliphatic carbocycles. The summed E-state index contributed by atoms with van der Waals surface area (Å²) >= 11 is 0. The third kappa shape index (κ3) is 2.81. The number of aromatic nitrogens is 2. The Morgan fingerprint density at radius 2 is 2.36 bits per heavy atom. The number of rotatable bonds is 2.